The molecule has 2 aromatic rings. The van der Waals surface area contributed by atoms with Crippen LogP contribution in [0.3, 0.4) is 0 Å². The monoisotopic (exact) mass is 356 g/mol. The van der Waals surface area contributed by atoms with E-state index in [1.807, 2.05) is 0 Å². The van der Waals surface area contributed by atoms with Gasteiger partial charge in [0.15, 0.2) is 0 Å². The summed E-state index contributed by atoms with van der Waals surface area (Å²) in [5, 5.41) is 2.80. The van der Waals surface area contributed by atoms with E-state index in [0.717, 1.165) is 12.1 Å². The topological polar surface area (TPSA) is 51.2 Å². The first-order valence-electron chi connectivity index (χ1n) is 6.91. The number of nitrogens with zero attached hydrogens (tertiary/aromatic N) is 1. The maximum absolute atomic E-state index is 12.9. The van der Waals surface area contributed by atoms with E-state index in [-0.39, 0.29) is 11.6 Å². The Balaban J connectivity index is 2.21. The molecule has 4 nitrogen and oxygen atoms in total. The molecular weight excluding hydrogens is 345 g/mol. The summed E-state index contributed by atoms with van der Waals surface area (Å²) in [5.41, 5.74) is -1.19. The molecule has 24 heavy (non-hydrogen) atoms. The Kier molecular flexibility index (Phi) is 3.71. The van der Waals surface area contributed by atoms with E-state index >= 15 is 0 Å². The molecular formula is C16H12ClF3N2O2. The molecule has 8 heteroatoms. The Bertz CT molecular complexity index is 839. The third kappa shape index (κ3) is 2.39. The molecule has 126 valence electrons. The van der Waals surface area contributed by atoms with Gasteiger partial charge in [0.1, 0.15) is 5.41 Å². The highest BCUT2D eigenvalue weighted by molar-refractivity contribution is 6.30. The van der Waals surface area contributed by atoms with Crippen LogP contribution in [0.25, 0.3) is 0 Å². The number of amides is 1. The molecule has 1 aliphatic rings. The average Bonchev–Trinajstić information content (AvgIpc) is 2.78. The number of anilines is 1. The van der Waals surface area contributed by atoms with Crippen molar-refractivity contribution in [3.63, 3.8) is 0 Å². The number of benzene rings is 1. The molecule has 1 aromatic carbocycles. The SMILES string of the molecule is COc1ncc(Cl)cc1[C@@]1(C)C(=O)Nc2cc(C(F)(F)F)ccc21. The number of nitrogens with one attached hydrogen (secondary N) is 1. The van der Waals surface area contributed by atoms with Crippen molar-refractivity contribution in [1.29, 1.82) is 0 Å². The Morgan fingerprint density at radius 1 is 1.25 bits per heavy atom. The fourth-order valence-corrected chi connectivity index (χ4v) is 3.00. The highest BCUT2D eigenvalue weighted by Crippen LogP contribution is 2.47. The number of ether oxygens (including phenoxy) is 1. The number of hydrogen-bond acceptors (Lipinski definition) is 3. The molecule has 1 aliphatic heterocycles. The lowest BCUT2D eigenvalue weighted by atomic mass is 9.77. The van der Waals surface area contributed by atoms with E-state index in [2.05, 4.69) is 10.3 Å². The van der Waals surface area contributed by atoms with Gasteiger partial charge in [0.25, 0.3) is 0 Å². The molecule has 0 fully saturated rings. The van der Waals surface area contributed by atoms with Crippen LogP contribution < -0.4 is 10.1 Å². The molecule has 0 aliphatic carbocycles. The summed E-state index contributed by atoms with van der Waals surface area (Å²) in [5.74, 6) is -0.288. The van der Waals surface area contributed by atoms with Crippen molar-refractivity contribution in [3.05, 3.63) is 52.2 Å². The molecule has 0 saturated carbocycles. The maximum atomic E-state index is 12.9. The van der Waals surface area contributed by atoms with Gasteiger partial charge in [-0.15, -0.1) is 0 Å². The first-order valence-corrected chi connectivity index (χ1v) is 7.29. The van der Waals surface area contributed by atoms with Crippen molar-refractivity contribution in [1.82, 2.24) is 4.98 Å². The van der Waals surface area contributed by atoms with E-state index in [4.69, 9.17) is 16.3 Å². The smallest absolute Gasteiger partial charge is 0.416 e. The van der Waals surface area contributed by atoms with Gasteiger partial charge in [-0.25, -0.2) is 4.98 Å². The molecule has 0 spiro atoms. The van der Waals surface area contributed by atoms with Crippen LogP contribution in [0.2, 0.25) is 5.02 Å². The van der Waals surface area contributed by atoms with Crippen LogP contribution in [0.1, 0.15) is 23.6 Å². The van der Waals surface area contributed by atoms with Gasteiger partial charge in [0, 0.05) is 17.4 Å². The van der Waals surface area contributed by atoms with Crippen molar-refractivity contribution in [3.8, 4) is 5.88 Å². The number of fused-ring (bicyclic) bond motifs is 1. The number of carbonyl (C=O) groups is 1. The Labute approximate surface area is 140 Å². The predicted molar refractivity (Wildman–Crippen MR) is 82.3 cm³/mol. The lowest BCUT2D eigenvalue weighted by Gasteiger charge is -2.24. The van der Waals surface area contributed by atoms with Crippen molar-refractivity contribution >= 4 is 23.2 Å². The molecule has 0 radical (unpaired) electrons. The van der Waals surface area contributed by atoms with Crippen molar-refractivity contribution in [2.45, 2.75) is 18.5 Å². The van der Waals surface area contributed by atoms with Crippen molar-refractivity contribution < 1.29 is 22.7 Å². The van der Waals surface area contributed by atoms with Gasteiger partial charge in [0.05, 0.1) is 17.7 Å². The van der Waals surface area contributed by atoms with Crippen LogP contribution in [0.5, 0.6) is 5.88 Å². The molecule has 1 amide bonds. The summed E-state index contributed by atoms with van der Waals surface area (Å²) in [6, 6.07) is 4.68. The van der Waals surface area contributed by atoms with Crippen molar-refractivity contribution in [2.24, 2.45) is 0 Å². The molecule has 1 aromatic heterocycles. The molecule has 0 saturated heterocycles. The summed E-state index contributed by atoms with van der Waals surface area (Å²) in [4.78, 5) is 16.6. The van der Waals surface area contributed by atoms with Gasteiger partial charge in [-0.1, -0.05) is 17.7 Å². The third-order valence-corrected chi connectivity index (χ3v) is 4.34. The standard InChI is InChI=1S/C16H12ClF3N2O2/c1-15(11-6-9(17)7-21-13(11)24-2)10-4-3-8(16(18,19)20)5-12(10)22-14(15)23/h3-7H,1-2H3,(H,22,23)/t15-/m0/s1. The number of alkyl halides is 3. The molecule has 0 unspecified atom stereocenters. The Morgan fingerprint density at radius 3 is 2.58 bits per heavy atom. The molecule has 3 rings (SSSR count). The molecule has 1 atom stereocenters. The Hall–Kier alpha value is -2.28. The summed E-state index contributed by atoms with van der Waals surface area (Å²) in [6.07, 6.45) is -3.12. The molecule has 2 heterocycles. The van der Waals surface area contributed by atoms with Gasteiger partial charge in [-0.05, 0) is 30.7 Å². The van der Waals surface area contributed by atoms with E-state index in [0.29, 0.717) is 16.1 Å². The van der Waals surface area contributed by atoms with E-state index < -0.39 is 23.1 Å². The minimum atomic E-state index is -4.49. The number of carbonyl (C=O) groups excluding carboxylic acids is 1. The zero-order chi connectivity index (χ0) is 17.7. The molecule has 0 bridgehead atoms. The fourth-order valence-electron chi connectivity index (χ4n) is 2.84. The van der Waals surface area contributed by atoms with Gasteiger partial charge in [-0.2, -0.15) is 13.2 Å². The van der Waals surface area contributed by atoms with Crippen LogP contribution in [-0.2, 0) is 16.4 Å². The first-order chi connectivity index (χ1) is 11.2. The Morgan fingerprint density at radius 2 is 1.96 bits per heavy atom. The number of methoxy groups -OCH3 is 1. The minimum absolute atomic E-state index is 0.111. The minimum Gasteiger partial charge on any atom is -0.481 e. The van der Waals surface area contributed by atoms with Crippen LogP contribution >= 0.6 is 11.6 Å². The summed E-state index contributed by atoms with van der Waals surface area (Å²) < 4.78 is 43.8. The second-order valence-electron chi connectivity index (χ2n) is 5.55. The number of halogens is 4. The zero-order valence-electron chi connectivity index (χ0n) is 12.7. The van der Waals surface area contributed by atoms with E-state index in [1.165, 1.54) is 25.4 Å². The quantitative estimate of drug-likeness (QED) is 0.884. The van der Waals surface area contributed by atoms with Crippen LogP contribution in [0, 0.1) is 0 Å². The van der Waals surface area contributed by atoms with E-state index in [1.54, 1.807) is 6.92 Å². The maximum Gasteiger partial charge on any atom is 0.416 e. The summed E-state index contributed by atoms with van der Waals surface area (Å²) in [6.45, 7) is 1.59. The average molecular weight is 357 g/mol. The zero-order valence-corrected chi connectivity index (χ0v) is 13.4. The van der Waals surface area contributed by atoms with Crippen LogP contribution in [0.15, 0.2) is 30.5 Å². The largest absolute Gasteiger partial charge is 0.481 e. The summed E-state index contributed by atoms with van der Waals surface area (Å²) >= 11 is 5.98. The second-order valence-corrected chi connectivity index (χ2v) is 5.98. The van der Waals surface area contributed by atoms with Gasteiger partial charge >= 0.3 is 6.18 Å². The highest BCUT2D eigenvalue weighted by Gasteiger charge is 2.47. The van der Waals surface area contributed by atoms with Gasteiger partial charge in [-0.3, -0.25) is 4.79 Å². The van der Waals surface area contributed by atoms with Crippen LogP contribution in [0.4, 0.5) is 18.9 Å². The first kappa shape index (κ1) is 16.6. The number of aromatic nitrogens is 1. The summed E-state index contributed by atoms with van der Waals surface area (Å²) in [7, 11) is 1.39. The predicted octanol–water partition coefficient (Wildman–Crippen LogP) is 4.02. The lowest BCUT2D eigenvalue weighted by Crippen LogP contribution is -2.33. The van der Waals surface area contributed by atoms with E-state index in [9.17, 15) is 18.0 Å². The number of hydrogen-bond donors (Lipinski definition) is 1. The van der Waals surface area contributed by atoms with Crippen LogP contribution in [-0.4, -0.2) is 18.0 Å². The van der Waals surface area contributed by atoms with Gasteiger partial charge in [0.2, 0.25) is 11.8 Å². The second kappa shape index (κ2) is 5.37. The van der Waals surface area contributed by atoms with Gasteiger partial charge < -0.3 is 10.1 Å². The number of rotatable bonds is 2. The third-order valence-electron chi connectivity index (χ3n) is 4.14. The fraction of sp³-hybridized carbons (Fsp3) is 0.250. The lowest BCUT2D eigenvalue weighted by molar-refractivity contribution is -0.137. The highest BCUT2D eigenvalue weighted by atomic mass is 35.5. The number of pyridine rings is 1. The normalized spacial score (nSPS) is 19.8. The van der Waals surface area contributed by atoms with Crippen molar-refractivity contribution in [2.75, 3.05) is 12.4 Å². The molecule has 1 N–H and O–H groups in total.